The summed E-state index contributed by atoms with van der Waals surface area (Å²) in [6.07, 6.45) is 4.57. The number of piperidine rings is 1. The van der Waals surface area contributed by atoms with E-state index < -0.39 is 10.0 Å². The van der Waals surface area contributed by atoms with Crippen LogP contribution in [0.15, 0.2) is 45.8 Å². The molecule has 0 N–H and O–H groups in total. The quantitative estimate of drug-likeness (QED) is 0.388. The number of piperazine rings is 1. The van der Waals surface area contributed by atoms with Crippen molar-refractivity contribution in [1.82, 2.24) is 14.4 Å². The Morgan fingerprint density at radius 2 is 1.62 bits per heavy atom. The van der Waals surface area contributed by atoms with Crippen LogP contribution in [0.2, 0.25) is 0 Å². The number of aromatic nitrogens is 1. The lowest BCUT2D eigenvalue weighted by atomic mass is 9.96. The van der Waals surface area contributed by atoms with E-state index in [1.165, 1.54) is 9.87 Å². The van der Waals surface area contributed by atoms with Crippen LogP contribution < -0.4 is 9.64 Å². The molecule has 5 rings (SSSR count). The molecular formula is C32H40N4O5S. The van der Waals surface area contributed by atoms with Gasteiger partial charge in [-0.05, 0) is 75.4 Å². The second-order valence-electron chi connectivity index (χ2n) is 11.3. The third-order valence-electron chi connectivity index (χ3n) is 8.38. The number of ether oxygens (including phenoxy) is 1. The Kier molecular flexibility index (Phi) is 8.75. The molecular weight excluding hydrogens is 552 g/mol. The number of hydrogen-bond acceptors (Lipinski definition) is 7. The lowest BCUT2D eigenvalue weighted by Gasteiger charge is -2.39. The zero-order chi connectivity index (χ0) is 30.0. The van der Waals surface area contributed by atoms with E-state index in [4.69, 9.17) is 9.26 Å². The largest absolute Gasteiger partial charge is 0.497 e. The van der Waals surface area contributed by atoms with Gasteiger partial charge in [-0.25, -0.2) is 8.42 Å². The number of methoxy groups -OCH3 is 1. The van der Waals surface area contributed by atoms with Gasteiger partial charge in [0.1, 0.15) is 11.4 Å². The molecule has 3 heterocycles. The summed E-state index contributed by atoms with van der Waals surface area (Å²) in [6, 6.07) is 12.2. The normalized spacial score (nSPS) is 17.3. The highest BCUT2D eigenvalue weighted by molar-refractivity contribution is 7.89. The molecule has 10 heteroatoms. The minimum Gasteiger partial charge on any atom is -0.497 e. The molecule has 42 heavy (non-hydrogen) atoms. The Labute approximate surface area is 248 Å². The average molecular weight is 593 g/mol. The fourth-order valence-corrected chi connectivity index (χ4v) is 7.85. The SMILES string of the molecule is COc1cccc(N2CCN(C(=O)C3CCN(S(=O)(=O)c4c(C)noc4/C=C/c4c(C)cc(C)cc4C)CC3)CC2)c1. The van der Waals surface area contributed by atoms with Gasteiger partial charge in [0.15, 0.2) is 10.7 Å². The molecule has 1 aromatic heterocycles. The van der Waals surface area contributed by atoms with Gasteiger partial charge in [0.05, 0.1) is 7.11 Å². The van der Waals surface area contributed by atoms with Crippen molar-refractivity contribution in [1.29, 1.82) is 0 Å². The summed E-state index contributed by atoms with van der Waals surface area (Å²) in [4.78, 5) is 17.7. The summed E-state index contributed by atoms with van der Waals surface area (Å²) in [7, 11) is -2.19. The van der Waals surface area contributed by atoms with Crippen LogP contribution in [0.3, 0.4) is 0 Å². The maximum Gasteiger partial charge on any atom is 0.248 e. The van der Waals surface area contributed by atoms with E-state index in [2.05, 4.69) is 35.2 Å². The lowest BCUT2D eigenvalue weighted by Crippen LogP contribution is -2.52. The first-order chi connectivity index (χ1) is 20.1. The first-order valence-electron chi connectivity index (χ1n) is 14.5. The predicted molar refractivity (Wildman–Crippen MR) is 164 cm³/mol. The van der Waals surface area contributed by atoms with Gasteiger partial charge in [-0.2, -0.15) is 4.31 Å². The van der Waals surface area contributed by atoms with E-state index in [1.807, 2.05) is 43.0 Å². The number of carbonyl (C=O) groups excluding carboxylic acids is 1. The smallest absolute Gasteiger partial charge is 0.248 e. The number of benzene rings is 2. The van der Waals surface area contributed by atoms with E-state index in [0.29, 0.717) is 31.6 Å². The molecule has 224 valence electrons. The number of nitrogens with zero attached hydrogens (tertiary/aromatic N) is 4. The van der Waals surface area contributed by atoms with Gasteiger partial charge in [0.25, 0.3) is 0 Å². The van der Waals surface area contributed by atoms with Gasteiger partial charge in [0, 0.05) is 56.9 Å². The number of sulfonamides is 1. The number of rotatable bonds is 7. The van der Waals surface area contributed by atoms with Gasteiger partial charge in [0.2, 0.25) is 15.9 Å². The van der Waals surface area contributed by atoms with Crippen LogP contribution in [0.4, 0.5) is 5.69 Å². The van der Waals surface area contributed by atoms with Gasteiger partial charge in [-0.15, -0.1) is 0 Å². The van der Waals surface area contributed by atoms with E-state index in [0.717, 1.165) is 41.2 Å². The van der Waals surface area contributed by atoms with E-state index in [-0.39, 0.29) is 35.6 Å². The fourth-order valence-electron chi connectivity index (χ4n) is 6.13. The van der Waals surface area contributed by atoms with Crippen molar-refractivity contribution in [3.63, 3.8) is 0 Å². The molecule has 9 nitrogen and oxygen atoms in total. The number of carbonyl (C=O) groups is 1. The molecule has 2 aliphatic rings. The summed E-state index contributed by atoms with van der Waals surface area (Å²) >= 11 is 0. The molecule has 0 radical (unpaired) electrons. The van der Waals surface area contributed by atoms with Gasteiger partial charge < -0.3 is 19.1 Å². The second-order valence-corrected chi connectivity index (χ2v) is 13.2. The molecule has 2 saturated heterocycles. The van der Waals surface area contributed by atoms with Crippen molar-refractivity contribution in [2.75, 3.05) is 51.3 Å². The van der Waals surface area contributed by atoms with Gasteiger partial charge >= 0.3 is 0 Å². The van der Waals surface area contributed by atoms with Crippen molar-refractivity contribution in [3.05, 3.63) is 70.1 Å². The molecule has 0 spiro atoms. The molecule has 1 amide bonds. The van der Waals surface area contributed by atoms with Crippen LogP contribution in [-0.4, -0.2) is 75.1 Å². The molecule has 3 aromatic rings. The van der Waals surface area contributed by atoms with Crippen molar-refractivity contribution in [2.24, 2.45) is 5.92 Å². The minimum atomic E-state index is -3.85. The van der Waals surface area contributed by atoms with Crippen molar-refractivity contribution < 1.29 is 22.5 Å². The average Bonchev–Trinajstić information content (AvgIpc) is 3.37. The van der Waals surface area contributed by atoms with Crippen LogP contribution in [-0.2, 0) is 14.8 Å². The molecule has 0 atom stereocenters. The van der Waals surface area contributed by atoms with Crippen LogP contribution in [0.25, 0.3) is 12.2 Å². The Morgan fingerprint density at radius 1 is 0.952 bits per heavy atom. The number of aryl methyl sites for hydroxylation is 4. The first-order valence-corrected chi connectivity index (χ1v) is 15.9. The van der Waals surface area contributed by atoms with E-state index in [1.54, 1.807) is 20.1 Å². The molecule has 0 aliphatic carbocycles. The zero-order valence-electron chi connectivity index (χ0n) is 25.1. The predicted octanol–water partition coefficient (Wildman–Crippen LogP) is 4.84. The highest BCUT2D eigenvalue weighted by atomic mass is 32.2. The van der Waals surface area contributed by atoms with Crippen LogP contribution in [0.5, 0.6) is 5.75 Å². The maximum absolute atomic E-state index is 13.8. The number of hydrogen-bond donors (Lipinski definition) is 0. The highest BCUT2D eigenvalue weighted by Crippen LogP contribution is 2.31. The summed E-state index contributed by atoms with van der Waals surface area (Å²) in [5, 5.41) is 3.99. The first kappa shape index (κ1) is 29.8. The molecule has 0 saturated carbocycles. The number of anilines is 1. The molecule has 2 fully saturated rings. The second kappa shape index (κ2) is 12.3. The maximum atomic E-state index is 13.8. The molecule has 2 aromatic carbocycles. The minimum absolute atomic E-state index is 0.0969. The number of amides is 1. The lowest BCUT2D eigenvalue weighted by molar-refractivity contribution is -0.137. The zero-order valence-corrected chi connectivity index (χ0v) is 25.9. The van der Waals surface area contributed by atoms with Gasteiger partial charge in [-0.1, -0.05) is 35.0 Å². The van der Waals surface area contributed by atoms with Crippen molar-refractivity contribution >= 4 is 33.8 Å². The third-order valence-corrected chi connectivity index (χ3v) is 10.4. The topological polar surface area (TPSA) is 96.2 Å². The Hall–Kier alpha value is -3.63. The Morgan fingerprint density at radius 3 is 2.26 bits per heavy atom. The molecule has 0 unspecified atom stereocenters. The van der Waals surface area contributed by atoms with Crippen molar-refractivity contribution in [3.8, 4) is 5.75 Å². The van der Waals surface area contributed by atoms with Crippen LogP contribution in [0.1, 0.15) is 46.5 Å². The summed E-state index contributed by atoms with van der Waals surface area (Å²) in [5.41, 5.74) is 5.84. The monoisotopic (exact) mass is 592 g/mol. The van der Waals surface area contributed by atoms with Crippen molar-refractivity contribution in [2.45, 2.75) is 45.4 Å². The third kappa shape index (κ3) is 6.10. The summed E-state index contributed by atoms with van der Waals surface area (Å²) in [5.74, 6) is 0.967. The van der Waals surface area contributed by atoms with E-state index in [9.17, 15) is 13.2 Å². The van der Waals surface area contributed by atoms with E-state index >= 15 is 0 Å². The fraction of sp³-hybridized carbons (Fsp3) is 0.438. The Balaban J connectivity index is 1.21. The standard InChI is InChI=1S/C32H40N4O5S/c1-22-19-23(2)29(24(3)20-22)9-10-30-31(25(4)33-41-30)42(38,39)36-13-11-26(12-14-36)32(37)35-17-15-34(16-18-35)27-7-6-8-28(21-27)40-5/h6-10,19-21,26H,11-18H2,1-5H3/b10-9+. The summed E-state index contributed by atoms with van der Waals surface area (Å²) in [6.45, 7) is 11.1. The molecule has 0 bridgehead atoms. The Bertz CT molecular complexity index is 1560. The summed E-state index contributed by atoms with van der Waals surface area (Å²) < 4.78 is 39.8. The van der Waals surface area contributed by atoms with Crippen LogP contribution in [0, 0.1) is 33.6 Å². The highest BCUT2D eigenvalue weighted by Gasteiger charge is 2.37. The van der Waals surface area contributed by atoms with Crippen LogP contribution >= 0.6 is 0 Å². The van der Waals surface area contributed by atoms with Gasteiger partial charge in [-0.3, -0.25) is 4.79 Å². The molecule has 2 aliphatic heterocycles.